The Labute approximate surface area is 342 Å². The SMILES string of the molecule is c1ccc2cc(-c3ccc4c(c3)oc3cccc(-c5nc(-c6ccc7cc8c(cc7c6)oc6ccccc68)nc(-c6ccc7ccc8ccccc8c7c6)n5)c34)ccc2c1. The first-order chi connectivity index (χ1) is 29.7. The molecule has 0 aliphatic rings. The van der Waals surface area contributed by atoms with Crippen molar-refractivity contribution < 1.29 is 8.83 Å². The number of furan rings is 2. The molecule has 278 valence electrons. The Morgan fingerprint density at radius 3 is 1.72 bits per heavy atom. The Morgan fingerprint density at radius 1 is 0.267 bits per heavy atom. The molecule has 5 heteroatoms. The number of nitrogens with zero attached hydrogens (tertiary/aromatic N) is 3. The Morgan fingerprint density at radius 2 is 0.833 bits per heavy atom. The van der Waals surface area contributed by atoms with Gasteiger partial charge in [-0.1, -0.05) is 133 Å². The van der Waals surface area contributed by atoms with Gasteiger partial charge in [0.05, 0.1) is 0 Å². The quantitative estimate of drug-likeness (QED) is 0.167. The fourth-order valence-electron chi connectivity index (χ4n) is 9.06. The lowest BCUT2D eigenvalue weighted by Crippen LogP contribution is -2.00. The van der Waals surface area contributed by atoms with Crippen molar-refractivity contribution in [1.29, 1.82) is 0 Å². The number of rotatable bonds is 4. The topological polar surface area (TPSA) is 65.0 Å². The minimum atomic E-state index is 0.577. The van der Waals surface area contributed by atoms with Gasteiger partial charge in [-0.25, -0.2) is 15.0 Å². The third-order valence-corrected chi connectivity index (χ3v) is 12.1. The van der Waals surface area contributed by atoms with Crippen LogP contribution in [-0.4, -0.2) is 15.0 Å². The summed E-state index contributed by atoms with van der Waals surface area (Å²) in [5, 5.41) is 13.5. The van der Waals surface area contributed by atoms with Gasteiger partial charge in [-0.05, 0) is 109 Å². The van der Waals surface area contributed by atoms with Crippen molar-refractivity contribution in [2.45, 2.75) is 0 Å². The van der Waals surface area contributed by atoms with Crippen molar-refractivity contribution in [2.75, 3.05) is 0 Å². The molecule has 13 aromatic rings. The monoisotopic (exact) mass is 765 g/mol. The summed E-state index contributed by atoms with van der Waals surface area (Å²) < 4.78 is 12.9. The molecule has 60 heavy (non-hydrogen) atoms. The fraction of sp³-hybridized carbons (Fsp3) is 0. The Kier molecular flexibility index (Phi) is 6.95. The van der Waals surface area contributed by atoms with Crippen LogP contribution in [0, 0.1) is 0 Å². The van der Waals surface area contributed by atoms with Gasteiger partial charge in [-0.3, -0.25) is 0 Å². The first-order valence-electron chi connectivity index (χ1n) is 20.2. The summed E-state index contributed by atoms with van der Waals surface area (Å²) in [6.07, 6.45) is 0. The lowest BCUT2D eigenvalue weighted by molar-refractivity contribution is 0.669. The number of fused-ring (bicyclic) bond motifs is 11. The fourth-order valence-corrected chi connectivity index (χ4v) is 9.06. The Bertz CT molecular complexity index is 3910. The molecule has 0 amide bonds. The van der Waals surface area contributed by atoms with E-state index >= 15 is 0 Å². The summed E-state index contributed by atoms with van der Waals surface area (Å²) in [5.74, 6) is 1.76. The number of hydrogen-bond acceptors (Lipinski definition) is 5. The Balaban J connectivity index is 1.01. The minimum absolute atomic E-state index is 0.577. The molecule has 3 aromatic heterocycles. The van der Waals surface area contributed by atoms with Gasteiger partial charge in [0.1, 0.15) is 22.3 Å². The molecule has 5 nitrogen and oxygen atoms in total. The van der Waals surface area contributed by atoms with E-state index in [1.165, 1.54) is 21.5 Å². The highest BCUT2D eigenvalue weighted by molar-refractivity contribution is 6.13. The van der Waals surface area contributed by atoms with Gasteiger partial charge in [0, 0.05) is 38.2 Å². The predicted octanol–water partition coefficient (Wildman–Crippen LogP) is 15.0. The summed E-state index contributed by atoms with van der Waals surface area (Å²) in [6, 6.07) is 65.9. The van der Waals surface area contributed by atoms with Gasteiger partial charge in [0.2, 0.25) is 0 Å². The average Bonchev–Trinajstić information content (AvgIpc) is 3.87. The molecule has 0 aliphatic carbocycles. The lowest BCUT2D eigenvalue weighted by Gasteiger charge is -2.11. The minimum Gasteiger partial charge on any atom is -0.456 e. The zero-order chi connectivity index (χ0) is 39.3. The van der Waals surface area contributed by atoms with Crippen molar-refractivity contribution >= 4 is 87.0 Å². The highest BCUT2D eigenvalue weighted by Crippen LogP contribution is 2.40. The highest BCUT2D eigenvalue weighted by Gasteiger charge is 2.19. The van der Waals surface area contributed by atoms with Crippen LogP contribution >= 0.6 is 0 Å². The van der Waals surface area contributed by atoms with Crippen LogP contribution in [0.2, 0.25) is 0 Å². The third-order valence-electron chi connectivity index (χ3n) is 12.1. The molecule has 0 fully saturated rings. The number of para-hydroxylation sites is 1. The second kappa shape index (κ2) is 12.7. The van der Waals surface area contributed by atoms with Crippen molar-refractivity contribution in [2.24, 2.45) is 0 Å². The molecule has 0 bridgehead atoms. The maximum absolute atomic E-state index is 6.61. The van der Waals surface area contributed by atoms with E-state index < -0.39 is 0 Å². The predicted molar refractivity (Wildman–Crippen MR) is 246 cm³/mol. The molecule has 0 atom stereocenters. The molecule has 0 unspecified atom stereocenters. The maximum Gasteiger partial charge on any atom is 0.164 e. The zero-order valence-electron chi connectivity index (χ0n) is 32.1. The second-order valence-electron chi connectivity index (χ2n) is 15.6. The van der Waals surface area contributed by atoms with E-state index in [0.717, 1.165) is 93.2 Å². The molecular formula is C55H31N3O2. The second-order valence-corrected chi connectivity index (χ2v) is 15.6. The Hall–Kier alpha value is -8.15. The molecule has 0 radical (unpaired) electrons. The third kappa shape index (κ3) is 5.16. The normalized spacial score (nSPS) is 12.0. The molecular weight excluding hydrogens is 735 g/mol. The largest absolute Gasteiger partial charge is 0.456 e. The highest BCUT2D eigenvalue weighted by atomic mass is 16.3. The average molecular weight is 766 g/mol. The number of benzene rings is 10. The van der Waals surface area contributed by atoms with Crippen LogP contribution in [0.5, 0.6) is 0 Å². The van der Waals surface area contributed by atoms with Crippen molar-refractivity contribution in [3.05, 3.63) is 188 Å². The van der Waals surface area contributed by atoms with Crippen LogP contribution in [0.25, 0.3) is 132 Å². The van der Waals surface area contributed by atoms with Crippen LogP contribution < -0.4 is 0 Å². The van der Waals surface area contributed by atoms with Crippen LogP contribution in [-0.2, 0) is 0 Å². The van der Waals surface area contributed by atoms with Crippen molar-refractivity contribution in [1.82, 2.24) is 15.0 Å². The van der Waals surface area contributed by atoms with Gasteiger partial charge in [0.25, 0.3) is 0 Å². The van der Waals surface area contributed by atoms with Crippen LogP contribution in [0.3, 0.4) is 0 Å². The van der Waals surface area contributed by atoms with Gasteiger partial charge < -0.3 is 8.83 Å². The lowest BCUT2D eigenvalue weighted by atomic mass is 9.99. The molecule has 0 aliphatic heterocycles. The zero-order valence-corrected chi connectivity index (χ0v) is 32.1. The standard InChI is InChI=1S/C55H31N3O2/c1-2-10-35-26-36(20-16-32(35)8-1)38-24-25-44-50(30-38)60-49-15-7-13-45(52(44)49)55-57-53(39-23-21-37-28-47-43-12-5-6-14-48(43)59-51(47)31-41(37)27-39)56-54(58-55)40-22-19-34-18-17-33-9-3-4-11-42(33)46(34)29-40/h1-31H. The van der Waals surface area contributed by atoms with E-state index in [-0.39, 0.29) is 0 Å². The van der Waals surface area contributed by atoms with E-state index in [1.807, 2.05) is 24.3 Å². The molecule has 0 saturated carbocycles. The van der Waals surface area contributed by atoms with E-state index in [9.17, 15) is 0 Å². The number of aromatic nitrogens is 3. The van der Waals surface area contributed by atoms with Gasteiger partial charge in [-0.15, -0.1) is 0 Å². The molecule has 13 rings (SSSR count). The van der Waals surface area contributed by atoms with Crippen molar-refractivity contribution in [3.8, 4) is 45.3 Å². The summed E-state index contributed by atoms with van der Waals surface area (Å²) in [6.45, 7) is 0. The van der Waals surface area contributed by atoms with Crippen LogP contribution in [0.1, 0.15) is 0 Å². The van der Waals surface area contributed by atoms with Crippen molar-refractivity contribution in [3.63, 3.8) is 0 Å². The summed E-state index contributed by atoms with van der Waals surface area (Å²) in [5.41, 5.74) is 8.24. The molecule has 0 spiro atoms. The summed E-state index contributed by atoms with van der Waals surface area (Å²) in [4.78, 5) is 15.7. The summed E-state index contributed by atoms with van der Waals surface area (Å²) in [7, 11) is 0. The molecule has 0 N–H and O–H groups in total. The first kappa shape index (κ1) is 32.9. The van der Waals surface area contributed by atoms with E-state index in [1.54, 1.807) is 0 Å². The number of hydrogen-bond donors (Lipinski definition) is 0. The molecule has 3 heterocycles. The van der Waals surface area contributed by atoms with E-state index in [2.05, 4.69) is 164 Å². The van der Waals surface area contributed by atoms with Gasteiger partial charge >= 0.3 is 0 Å². The van der Waals surface area contributed by atoms with Gasteiger partial charge in [-0.2, -0.15) is 0 Å². The van der Waals surface area contributed by atoms with Crippen LogP contribution in [0.15, 0.2) is 197 Å². The molecule has 10 aromatic carbocycles. The van der Waals surface area contributed by atoms with E-state index in [0.29, 0.717) is 17.5 Å². The summed E-state index contributed by atoms with van der Waals surface area (Å²) >= 11 is 0. The molecule has 0 saturated heterocycles. The maximum atomic E-state index is 6.61. The van der Waals surface area contributed by atoms with E-state index in [4.69, 9.17) is 23.8 Å². The smallest absolute Gasteiger partial charge is 0.164 e. The van der Waals surface area contributed by atoms with Crippen LogP contribution in [0.4, 0.5) is 0 Å². The van der Waals surface area contributed by atoms with Gasteiger partial charge in [0.15, 0.2) is 17.5 Å². The first-order valence-corrected chi connectivity index (χ1v) is 20.2.